The Kier molecular flexibility index (Phi) is 0.821. The molecule has 0 aromatic carbocycles. The highest BCUT2D eigenvalue weighted by atomic mass is 16.6. The molecule has 0 amide bonds. The van der Waals surface area contributed by atoms with Crippen LogP contribution in [0.1, 0.15) is 6.92 Å². The summed E-state index contributed by atoms with van der Waals surface area (Å²) in [5.74, 6) is 0.366. The molecule has 1 N–H and O–H groups in total. The third-order valence-corrected chi connectivity index (χ3v) is 1.02. The monoisotopic (exact) mass is 88.1 g/mol. The lowest BCUT2D eigenvalue weighted by Gasteiger charge is -2.28. The zero-order valence-electron chi connectivity index (χ0n) is 3.72. The number of hydrogen-bond acceptors (Lipinski definition) is 2. The van der Waals surface area contributed by atoms with Gasteiger partial charge in [-0.3, -0.25) is 0 Å². The van der Waals surface area contributed by atoms with E-state index in [-0.39, 0.29) is 0 Å². The van der Waals surface area contributed by atoms with Crippen LogP contribution in [0.4, 0.5) is 0 Å². The molecule has 2 unspecified atom stereocenters. The van der Waals surface area contributed by atoms with Crippen LogP contribution < -0.4 is 0 Å². The average Bonchev–Trinajstić information content (AvgIpc) is 1.61. The Balaban J connectivity index is 2.20. The Morgan fingerprint density at radius 2 is 2.33 bits per heavy atom. The van der Waals surface area contributed by atoms with E-state index >= 15 is 0 Å². The minimum Gasteiger partial charge on any atom is -0.368 e. The van der Waals surface area contributed by atoms with E-state index in [1.807, 2.05) is 6.92 Å². The van der Waals surface area contributed by atoms with Crippen LogP contribution in [0.3, 0.4) is 0 Å². The minimum atomic E-state index is -0.468. The molecule has 36 valence electrons. The lowest BCUT2D eigenvalue weighted by Crippen LogP contribution is -2.36. The molecule has 0 aliphatic carbocycles. The van der Waals surface area contributed by atoms with Crippen molar-refractivity contribution >= 4 is 0 Å². The van der Waals surface area contributed by atoms with E-state index in [4.69, 9.17) is 5.11 Å². The zero-order chi connectivity index (χ0) is 4.57. The smallest absolute Gasteiger partial charge is 0.159 e. The molecule has 2 nitrogen and oxygen atoms in total. The minimum absolute atomic E-state index is 0.366. The molecule has 6 heavy (non-hydrogen) atoms. The van der Waals surface area contributed by atoms with Crippen LogP contribution in [0.25, 0.3) is 0 Å². The summed E-state index contributed by atoms with van der Waals surface area (Å²) in [6, 6.07) is 0. The summed E-state index contributed by atoms with van der Waals surface area (Å²) < 4.78 is 4.60. The molecule has 2 heteroatoms. The molecule has 0 aromatic rings. The van der Waals surface area contributed by atoms with Gasteiger partial charge in [0, 0.05) is 5.92 Å². The normalized spacial score (nSPS) is 45.0. The molecule has 1 fully saturated rings. The first-order valence-electron chi connectivity index (χ1n) is 2.10. The number of hydrogen-bond donors (Lipinski definition) is 1. The van der Waals surface area contributed by atoms with E-state index in [1.54, 1.807) is 0 Å². The van der Waals surface area contributed by atoms with E-state index in [9.17, 15) is 0 Å². The van der Waals surface area contributed by atoms with Crippen molar-refractivity contribution < 1.29 is 9.84 Å². The van der Waals surface area contributed by atoms with Gasteiger partial charge in [0.05, 0.1) is 6.61 Å². The SMILES string of the molecule is CC1COC1O. The van der Waals surface area contributed by atoms with E-state index < -0.39 is 6.29 Å². The lowest BCUT2D eigenvalue weighted by molar-refractivity contribution is -0.225. The van der Waals surface area contributed by atoms with Crippen molar-refractivity contribution in [1.82, 2.24) is 0 Å². The maximum atomic E-state index is 8.49. The molecular formula is C4H8O2. The summed E-state index contributed by atoms with van der Waals surface area (Å²) in [4.78, 5) is 0. The number of aliphatic hydroxyl groups is 1. The maximum Gasteiger partial charge on any atom is 0.159 e. The highest BCUT2D eigenvalue weighted by Gasteiger charge is 2.24. The second-order valence-corrected chi connectivity index (χ2v) is 1.70. The first kappa shape index (κ1) is 4.09. The van der Waals surface area contributed by atoms with Gasteiger partial charge in [-0.15, -0.1) is 0 Å². The number of aliphatic hydroxyl groups excluding tert-OH is 1. The fourth-order valence-electron chi connectivity index (χ4n) is 0.375. The van der Waals surface area contributed by atoms with Gasteiger partial charge in [0.1, 0.15) is 0 Å². The molecule has 1 rings (SSSR count). The average molecular weight is 88.1 g/mol. The first-order valence-corrected chi connectivity index (χ1v) is 2.10. The molecule has 0 aromatic heterocycles. The Bertz CT molecular complexity index is 45.5. The van der Waals surface area contributed by atoms with Gasteiger partial charge in [-0.1, -0.05) is 6.92 Å². The van der Waals surface area contributed by atoms with Gasteiger partial charge in [0.2, 0.25) is 0 Å². The van der Waals surface area contributed by atoms with Crippen molar-refractivity contribution in [3.05, 3.63) is 0 Å². The second-order valence-electron chi connectivity index (χ2n) is 1.70. The second kappa shape index (κ2) is 1.21. The summed E-state index contributed by atoms with van der Waals surface area (Å²) in [5, 5.41) is 8.49. The fourth-order valence-corrected chi connectivity index (χ4v) is 0.375. The van der Waals surface area contributed by atoms with Crippen LogP contribution in [0.5, 0.6) is 0 Å². The van der Waals surface area contributed by atoms with E-state index in [2.05, 4.69) is 4.74 Å². The standard InChI is InChI=1S/C4H8O2/c1-3-2-6-4(3)5/h3-5H,2H2,1H3. The predicted octanol–water partition coefficient (Wildman–Crippen LogP) is -0.0289. The van der Waals surface area contributed by atoms with E-state index in [0.29, 0.717) is 5.92 Å². The summed E-state index contributed by atoms with van der Waals surface area (Å²) in [6.07, 6.45) is -0.468. The van der Waals surface area contributed by atoms with Crippen molar-refractivity contribution in [2.24, 2.45) is 5.92 Å². The Hall–Kier alpha value is -0.0800. The van der Waals surface area contributed by atoms with Crippen molar-refractivity contribution in [3.63, 3.8) is 0 Å². The molecule has 0 bridgehead atoms. The van der Waals surface area contributed by atoms with Crippen LogP contribution >= 0.6 is 0 Å². The quantitative estimate of drug-likeness (QED) is 0.450. The molecular weight excluding hydrogens is 80.0 g/mol. The van der Waals surface area contributed by atoms with Gasteiger partial charge in [-0.2, -0.15) is 0 Å². The third-order valence-electron chi connectivity index (χ3n) is 1.02. The van der Waals surface area contributed by atoms with Gasteiger partial charge < -0.3 is 9.84 Å². The Morgan fingerprint density at radius 1 is 1.83 bits per heavy atom. The van der Waals surface area contributed by atoms with Gasteiger partial charge >= 0.3 is 0 Å². The highest BCUT2D eigenvalue weighted by Crippen LogP contribution is 2.15. The fraction of sp³-hybridized carbons (Fsp3) is 1.00. The molecule has 0 radical (unpaired) electrons. The largest absolute Gasteiger partial charge is 0.368 e. The number of ether oxygens (including phenoxy) is 1. The van der Waals surface area contributed by atoms with Gasteiger partial charge in [-0.05, 0) is 0 Å². The topological polar surface area (TPSA) is 29.5 Å². The molecule has 2 atom stereocenters. The van der Waals surface area contributed by atoms with Crippen molar-refractivity contribution in [1.29, 1.82) is 0 Å². The third kappa shape index (κ3) is 0.420. The molecule has 1 saturated heterocycles. The Morgan fingerprint density at radius 3 is 2.33 bits per heavy atom. The van der Waals surface area contributed by atoms with Crippen LogP contribution in [-0.2, 0) is 4.74 Å². The summed E-state index contributed by atoms with van der Waals surface area (Å²) in [6.45, 7) is 2.68. The summed E-state index contributed by atoms with van der Waals surface area (Å²) in [5.41, 5.74) is 0. The molecule has 1 aliphatic rings. The number of rotatable bonds is 0. The van der Waals surface area contributed by atoms with Crippen molar-refractivity contribution in [3.8, 4) is 0 Å². The van der Waals surface area contributed by atoms with Crippen LogP contribution in [0.15, 0.2) is 0 Å². The molecule has 1 heterocycles. The highest BCUT2D eigenvalue weighted by molar-refractivity contribution is 4.62. The summed E-state index contributed by atoms with van der Waals surface area (Å²) >= 11 is 0. The zero-order valence-corrected chi connectivity index (χ0v) is 3.72. The van der Waals surface area contributed by atoms with Crippen molar-refractivity contribution in [2.45, 2.75) is 13.2 Å². The summed E-state index contributed by atoms with van der Waals surface area (Å²) in [7, 11) is 0. The molecule has 0 spiro atoms. The van der Waals surface area contributed by atoms with Gasteiger partial charge in [-0.25, -0.2) is 0 Å². The van der Waals surface area contributed by atoms with Gasteiger partial charge in [0.25, 0.3) is 0 Å². The van der Waals surface area contributed by atoms with Crippen LogP contribution in [0, 0.1) is 5.92 Å². The molecule has 0 saturated carbocycles. The van der Waals surface area contributed by atoms with Gasteiger partial charge in [0.15, 0.2) is 6.29 Å². The van der Waals surface area contributed by atoms with Crippen LogP contribution in [0.2, 0.25) is 0 Å². The van der Waals surface area contributed by atoms with Crippen molar-refractivity contribution in [2.75, 3.05) is 6.61 Å². The maximum absolute atomic E-state index is 8.49. The van der Waals surface area contributed by atoms with E-state index in [0.717, 1.165) is 6.61 Å². The Labute approximate surface area is 36.7 Å². The van der Waals surface area contributed by atoms with E-state index in [1.165, 1.54) is 0 Å². The van der Waals surface area contributed by atoms with Crippen LogP contribution in [-0.4, -0.2) is 18.0 Å². The lowest BCUT2D eigenvalue weighted by atomic mass is 10.1. The molecule has 1 aliphatic heterocycles. The predicted molar refractivity (Wildman–Crippen MR) is 21.1 cm³/mol. The first-order chi connectivity index (χ1) is 2.80.